The minimum absolute atomic E-state index is 0.127. The zero-order valence-corrected chi connectivity index (χ0v) is 18.7. The number of hydrogen-bond acceptors (Lipinski definition) is 4. The Labute approximate surface area is 184 Å². The van der Waals surface area contributed by atoms with E-state index < -0.39 is 0 Å². The quantitative estimate of drug-likeness (QED) is 0.576. The molecular weight excluding hydrogens is 384 g/mol. The van der Waals surface area contributed by atoms with Gasteiger partial charge in [0.25, 0.3) is 0 Å². The number of fused-ring (bicyclic) bond motifs is 5. The van der Waals surface area contributed by atoms with Gasteiger partial charge in [-0.3, -0.25) is 4.90 Å². The predicted octanol–water partition coefficient (Wildman–Crippen LogP) is 5.90. The Kier molecular flexibility index (Phi) is 5.11. The minimum Gasteiger partial charge on any atom is -0.493 e. The van der Waals surface area contributed by atoms with Crippen LogP contribution in [0.1, 0.15) is 59.8 Å². The van der Waals surface area contributed by atoms with E-state index in [0.717, 1.165) is 24.5 Å². The van der Waals surface area contributed by atoms with Crippen molar-refractivity contribution in [3.63, 3.8) is 0 Å². The van der Waals surface area contributed by atoms with E-state index in [1.54, 1.807) is 14.2 Å². The van der Waals surface area contributed by atoms with Gasteiger partial charge in [-0.2, -0.15) is 0 Å². The lowest BCUT2D eigenvalue weighted by Gasteiger charge is -2.47. The van der Waals surface area contributed by atoms with Crippen LogP contribution < -0.4 is 14.8 Å². The van der Waals surface area contributed by atoms with Crippen molar-refractivity contribution in [2.45, 2.75) is 38.4 Å². The van der Waals surface area contributed by atoms with E-state index in [9.17, 15) is 0 Å². The van der Waals surface area contributed by atoms with Gasteiger partial charge in [-0.1, -0.05) is 56.3 Å². The van der Waals surface area contributed by atoms with E-state index in [-0.39, 0.29) is 12.2 Å². The molecule has 0 saturated carbocycles. The second-order valence-electron chi connectivity index (χ2n) is 8.75. The van der Waals surface area contributed by atoms with Crippen molar-refractivity contribution in [3.05, 3.63) is 88.5 Å². The molecule has 0 aromatic heterocycles. The molecule has 0 radical (unpaired) electrons. The minimum atomic E-state index is 0.127. The molecule has 0 aliphatic carbocycles. The molecule has 0 fully saturated rings. The Balaban J connectivity index is 1.63. The molecule has 0 unspecified atom stereocenters. The molecule has 4 heteroatoms. The van der Waals surface area contributed by atoms with Crippen LogP contribution in [0.2, 0.25) is 0 Å². The normalized spacial score (nSPS) is 19.8. The summed E-state index contributed by atoms with van der Waals surface area (Å²) in [5, 5.41) is 3.81. The number of rotatable bonds is 4. The second kappa shape index (κ2) is 7.93. The fourth-order valence-electron chi connectivity index (χ4n) is 5.02. The van der Waals surface area contributed by atoms with E-state index in [1.807, 2.05) is 0 Å². The summed E-state index contributed by atoms with van der Waals surface area (Å²) in [6, 6.07) is 22.3. The fraction of sp³-hybridized carbons (Fsp3) is 0.333. The molecule has 3 aromatic rings. The first kappa shape index (κ1) is 20.0. The first-order valence-corrected chi connectivity index (χ1v) is 11.1. The van der Waals surface area contributed by atoms with E-state index in [0.29, 0.717) is 5.92 Å². The smallest absolute Gasteiger partial charge is 0.161 e. The van der Waals surface area contributed by atoms with Crippen molar-refractivity contribution in [2.75, 3.05) is 26.1 Å². The molecule has 0 saturated heterocycles. The molecule has 5 rings (SSSR count). The summed E-state index contributed by atoms with van der Waals surface area (Å²) in [5.41, 5.74) is 7.83. The maximum atomic E-state index is 5.66. The number of nitrogens with one attached hydrogen (secondary N) is 1. The summed E-state index contributed by atoms with van der Waals surface area (Å²) in [7, 11) is 3.41. The average Bonchev–Trinajstić information content (AvgIpc) is 2.82. The van der Waals surface area contributed by atoms with Crippen LogP contribution in [0, 0.1) is 0 Å². The highest BCUT2D eigenvalue weighted by atomic mass is 16.5. The molecule has 4 nitrogen and oxygen atoms in total. The molecule has 2 aliphatic rings. The van der Waals surface area contributed by atoms with Crippen LogP contribution in [-0.2, 0) is 6.42 Å². The van der Waals surface area contributed by atoms with E-state index in [2.05, 4.69) is 84.7 Å². The SMILES string of the molecule is COc1cc2c(cc1OC)[C@H]1c3ccccc3N[C@H](c3ccc(C(C)C)cc3)N1CC2. The lowest BCUT2D eigenvalue weighted by molar-refractivity contribution is 0.153. The van der Waals surface area contributed by atoms with Gasteiger partial charge in [0.1, 0.15) is 6.17 Å². The summed E-state index contributed by atoms with van der Waals surface area (Å²) in [6.45, 7) is 5.46. The summed E-state index contributed by atoms with van der Waals surface area (Å²) in [6.07, 6.45) is 1.11. The highest BCUT2D eigenvalue weighted by molar-refractivity contribution is 5.61. The Bertz CT molecular complexity index is 1090. The van der Waals surface area contributed by atoms with E-state index in [4.69, 9.17) is 9.47 Å². The van der Waals surface area contributed by atoms with Crippen LogP contribution in [0.15, 0.2) is 60.7 Å². The Morgan fingerprint density at radius 3 is 2.32 bits per heavy atom. The van der Waals surface area contributed by atoms with Crippen LogP contribution in [0.4, 0.5) is 5.69 Å². The lowest BCUT2D eigenvalue weighted by atomic mass is 9.84. The average molecular weight is 415 g/mol. The Hall–Kier alpha value is -2.98. The summed E-state index contributed by atoms with van der Waals surface area (Å²) in [5.74, 6) is 2.13. The Morgan fingerprint density at radius 1 is 0.903 bits per heavy atom. The molecule has 1 N–H and O–H groups in total. The summed E-state index contributed by atoms with van der Waals surface area (Å²) >= 11 is 0. The zero-order chi connectivity index (χ0) is 21.5. The largest absolute Gasteiger partial charge is 0.493 e. The standard InChI is InChI=1S/C27H30N2O2/c1-17(2)18-9-11-19(12-10-18)27-28-23-8-6-5-7-21(23)26-22-16-25(31-4)24(30-3)15-20(22)13-14-29(26)27/h5-12,15-17,26-28H,13-14H2,1-4H3/t26-,27+/m1/s1. The van der Waals surface area contributed by atoms with Crippen molar-refractivity contribution in [1.82, 2.24) is 4.90 Å². The van der Waals surface area contributed by atoms with Gasteiger partial charge < -0.3 is 14.8 Å². The molecule has 0 spiro atoms. The number of methoxy groups -OCH3 is 2. The maximum Gasteiger partial charge on any atom is 0.161 e. The molecular formula is C27H30N2O2. The molecule has 3 aromatic carbocycles. The van der Waals surface area contributed by atoms with E-state index in [1.165, 1.54) is 33.5 Å². The molecule has 0 amide bonds. The van der Waals surface area contributed by atoms with Crippen LogP contribution in [-0.4, -0.2) is 25.7 Å². The monoisotopic (exact) mass is 414 g/mol. The predicted molar refractivity (Wildman–Crippen MR) is 125 cm³/mol. The third-order valence-corrected chi connectivity index (χ3v) is 6.71. The molecule has 0 bridgehead atoms. The zero-order valence-electron chi connectivity index (χ0n) is 18.7. The van der Waals surface area contributed by atoms with Crippen LogP contribution >= 0.6 is 0 Å². The Morgan fingerprint density at radius 2 is 1.61 bits per heavy atom. The lowest BCUT2D eigenvalue weighted by Crippen LogP contribution is -2.45. The van der Waals surface area contributed by atoms with Gasteiger partial charge in [0, 0.05) is 12.2 Å². The topological polar surface area (TPSA) is 33.7 Å². The highest BCUT2D eigenvalue weighted by Gasteiger charge is 2.39. The van der Waals surface area contributed by atoms with Crippen molar-refractivity contribution in [1.29, 1.82) is 0 Å². The number of nitrogens with zero attached hydrogens (tertiary/aromatic N) is 1. The molecule has 2 atom stereocenters. The van der Waals surface area contributed by atoms with Gasteiger partial charge in [-0.05, 0) is 58.4 Å². The summed E-state index contributed by atoms with van der Waals surface area (Å²) in [4.78, 5) is 2.58. The third-order valence-electron chi connectivity index (χ3n) is 6.71. The molecule has 160 valence electrons. The fourth-order valence-corrected chi connectivity index (χ4v) is 5.02. The van der Waals surface area contributed by atoms with Crippen molar-refractivity contribution in [2.24, 2.45) is 0 Å². The van der Waals surface area contributed by atoms with Crippen LogP contribution in [0.5, 0.6) is 11.5 Å². The number of para-hydroxylation sites is 1. The third kappa shape index (κ3) is 3.35. The second-order valence-corrected chi connectivity index (χ2v) is 8.75. The molecule has 31 heavy (non-hydrogen) atoms. The van der Waals surface area contributed by atoms with Crippen LogP contribution in [0.25, 0.3) is 0 Å². The van der Waals surface area contributed by atoms with Crippen LogP contribution in [0.3, 0.4) is 0 Å². The first-order valence-electron chi connectivity index (χ1n) is 11.1. The van der Waals surface area contributed by atoms with Crippen molar-refractivity contribution < 1.29 is 9.47 Å². The van der Waals surface area contributed by atoms with Gasteiger partial charge in [-0.25, -0.2) is 0 Å². The van der Waals surface area contributed by atoms with Crippen molar-refractivity contribution >= 4 is 5.69 Å². The first-order chi connectivity index (χ1) is 15.1. The number of ether oxygens (including phenoxy) is 2. The summed E-state index contributed by atoms with van der Waals surface area (Å²) < 4.78 is 11.2. The highest BCUT2D eigenvalue weighted by Crippen LogP contribution is 2.48. The number of anilines is 1. The molecule has 2 aliphatic heterocycles. The van der Waals surface area contributed by atoms with Gasteiger partial charge in [-0.15, -0.1) is 0 Å². The van der Waals surface area contributed by atoms with Gasteiger partial charge in [0.05, 0.1) is 20.3 Å². The van der Waals surface area contributed by atoms with Crippen molar-refractivity contribution in [3.8, 4) is 11.5 Å². The van der Waals surface area contributed by atoms with Gasteiger partial charge >= 0.3 is 0 Å². The maximum absolute atomic E-state index is 5.66. The van der Waals surface area contributed by atoms with Gasteiger partial charge in [0.15, 0.2) is 11.5 Å². The molecule has 2 heterocycles. The van der Waals surface area contributed by atoms with E-state index >= 15 is 0 Å². The van der Waals surface area contributed by atoms with Gasteiger partial charge in [0.2, 0.25) is 0 Å². The number of benzene rings is 3. The number of hydrogen-bond donors (Lipinski definition) is 1.